The van der Waals surface area contributed by atoms with Crippen LogP contribution in [0.3, 0.4) is 0 Å². The van der Waals surface area contributed by atoms with Gasteiger partial charge in [0.25, 0.3) is 5.91 Å². The number of carbonyl (C=O) groups is 1. The van der Waals surface area contributed by atoms with Crippen LogP contribution < -0.4 is 21.0 Å². The fourth-order valence-corrected chi connectivity index (χ4v) is 3.93. The predicted octanol–water partition coefficient (Wildman–Crippen LogP) is 4.15. The van der Waals surface area contributed by atoms with Gasteiger partial charge < -0.3 is 15.5 Å². The molecule has 0 aliphatic heterocycles. The molecule has 2 aromatic carbocycles. The number of nitrogens with zero attached hydrogens (tertiary/aromatic N) is 4. The first-order chi connectivity index (χ1) is 17.5. The van der Waals surface area contributed by atoms with E-state index < -0.39 is 5.82 Å². The number of alkyl halides is 2. The SMILES string of the molecule is O=C(NCCNc1nonc1C(=Nc1ccc(F)c(Br)c1)NO)c1cccc(N(CCCl)CCCl)c1. The first-order valence-electron chi connectivity index (χ1n) is 10.7. The summed E-state index contributed by atoms with van der Waals surface area (Å²) in [6.45, 7) is 1.76. The van der Waals surface area contributed by atoms with Crippen LogP contribution in [0.25, 0.3) is 0 Å². The number of amides is 1. The van der Waals surface area contributed by atoms with Crippen LogP contribution in [0.2, 0.25) is 0 Å². The minimum Gasteiger partial charge on any atom is -0.369 e. The summed E-state index contributed by atoms with van der Waals surface area (Å²) in [5.41, 5.74) is 3.73. The first-order valence-corrected chi connectivity index (χ1v) is 12.6. The van der Waals surface area contributed by atoms with Gasteiger partial charge in [-0.1, -0.05) is 6.07 Å². The fourth-order valence-electron chi connectivity index (χ4n) is 3.15. The Morgan fingerprint density at radius 3 is 2.61 bits per heavy atom. The maximum absolute atomic E-state index is 13.5. The zero-order chi connectivity index (χ0) is 25.9. The number of aliphatic imine (C=N–C) groups is 1. The second-order valence-corrected chi connectivity index (χ2v) is 8.84. The van der Waals surface area contributed by atoms with E-state index in [1.54, 1.807) is 18.2 Å². The van der Waals surface area contributed by atoms with Crippen LogP contribution in [0.1, 0.15) is 16.1 Å². The van der Waals surface area contributed by atoms with Crippen LogP contribution in [0.15, 0.2) is 56.6 Å². The molecule has 1 amide bonds. The highest BCUT2D eigenvalue weighted by molar-refractivity contribution is 9.10. The van der Waals surface area contributed by atoms with Crippen molar-refractivity contribution in [2.45, 2.75) is 0 Å². The smallest absolute Gasteiger partial charge is 0.251 e. The van der Waals surface area contributed by atoms with Crippen molar-refractivity contribution in [1.82, 2.24) is 21.1 Å². The number of halogens is 4. The maximum atomic E-state index is 13.5. The fraction of sp³-hybridized carbons (Fsp3) is 0.273. The quantitative estimate of drug-likeness (QED) is 0.0800. The average molecular weight is 603 g/mol. The van der Waals surface area contributed by atoms with E-state index >= 15 is 0 Å². The van der Waals surface area contributed by atoms with Gasteiger partial charge in [0.05, 0.1) is 10.2 Å². The minimum absolute atomic E-state index is 0.0726. The number of anilines is 2. The molecule has 36 heavy (non-hydrogen) atoms. The summed E-state index contributed by atoms with van der Waals surface area (Å²) in [6.07, 6.45) is 0. The normalized spacial score (nSPS) is 11.3. The third-order valence-electron chi connectivity index (χ3n) is 4.85. The molecule has 0 aliphatic rings. The van der Waals surface area contributed by atoms with Crippen molar-refractivity contribution in [2.24, 2.45) is 4.99 Å². The molecule has 0 bridgehead atoms. The molecule has 0 unspecified atom stereocenters. The van der Waals surface area contributed by atoms with Crippen molar-refractivity contribution in [2.75, 3.05) is 48.2 Å². The lowest BCUT2D eigenvalue weighted by Gasteiger charge is -2.23. The third-order valence-corrected chi connectivity index (χ3v) is 5.79. The van der Waals surface area contributed by atoms with Gasteiger partial charge in [-0.3, -0.25) is 15.5 Å². The van der Waals surface area contributed by atoms with Crippen LogP contribution in [0.4, 0.5) is 21.6 Å². The number of amidine groups is 1. The van der Waals surface area contributed by atoms with Crippen LogP contribution in [-0.2, 0) is 0 Å². The second-order valence-electron chi connectivity index (χ2n) is 7.23. The number of hydrogen-bond acceptors (Lipinski definition) is 8. The molecule has 1 heterocycles. The molecule has 0 radical (unpaired) electrons. The Morgan fingerprint density at radius 1 is 1.14 bits per heavy atom. The van der Waals surface area contributed by atoms with Crippen LogP contribution >= 0.6 is 39.1 Å². The molecule has 0 atom stereocenters. The van der Waals surface area contributed by atoms with E-state index in [-0.39, 0.29) is 40.8 Å². The van der Waals surface area contributed by atoms with E-state index in [4.69, 9.17) is 27.8 Å². The first kappa shape index (κ1) is 27.7. The van der Waals surface area contributed by atoms with Crippen LogP contribution in [0, 0.1) is 5.82 Å². The molecule has 10 nitrogen and oxygen atoms in total. The largest absolute Gasteiger partial charge is 0.369 e. The second kappa shape index (κ2) is 14.0. The summed E-state index contributed by atoms with van der Waals surface area (Å²) in [4.78, 5) is 18.8. The lowest BCUT2D eigenvalue weighted by atomic mass is 10.1. The molecule has 0 aliphatic carbocycles. The Balaban J connectivity index is 1.59. The van der Waals surface area contributed by atoms with E-state index in [0.29, 0.717) is 36.1 Å². The topological polar surface area (TPSA) is 128 Å². The van der Waals surface area contributed by atoms with Crippen molar-refractivity contribution < 1.29 is 19.0 Å². The van der Waals surface area contributed by atoms with E-state index in [1.165, 1.54) is 18.2 Å². The summed E-state index contributed by atoms with van der Waals surface area (Å²) in [6, 6.07) is 11.3. The van der Waals surface area contributed by atoms with Crippen molar-refractivity contribution in [3.05, 3.63) is 64.0 Å². The van der Waals surface area contributed by atoms with Gasteiger partial charge in [0.15, 0.2) is 11.5 Å². The number of nitrogens with one attached hydrogen (secondary N) is 3. The third kappa shape index (κ3) is 7.53. The van der Waals surface area contributed by atoms with Gasteiger partial charge in [0.1, 0.15) is 5.82 Å². The molecular formula is C22H23BrCl2FN7O3. The van der Waals surface area contributed by atoms with Crippen molar-refractivity contribution in [3.63, 3.8) is 0 Å². The maximum Gasteiger partial charge on any atom is 0.251 e. The number of hydroxylamine groups is 1. The summed E-state index contributed by atoms with van der Waals surface area (Å²) in [7, 11) is 0. The highest BCUT2D eigenvalue weighted by atomic mass is 79.9. The number of benzene rings is 2. The van der Waals surface area contributed by atoms with E-state index in [2.05, 4.69) is 41.9 Å². The Morgan fingerprint density at radius 2 is 1.92 bits per heavy atom. The van der Waals surface area contributed by atoms with Crippen molar-refractivity contribution in [3.8, 4) is 0 Å². The van der Waals surface area contributed by atoms with Gasteiger partial charge in [-0.15, -0.1) is 23.2 Å². The molecule has 0 saturated heterocycles. The summed E-state index contributed by atoms with van der Waals surface area (Å²) in [5, 5.41) is 22.8. The molecule has 0 saturated carbocycles. The van der Waals surface area contributed by atoms with Crippen molar-refractivity contribution in [1.29, 1.82) is 0 Å². The van der Waals surface area contributed by atoms with Gasteiger partial charge in [-0.25, -0.2) is 14.0 Å². The van der Waals surface area contributed by atoms with E-state index in [1.807, 2.05) is 16.4 Å². The Labute approximate surface area is 224 Å². The average Bonchev–Trinajstić information content (AvgIpc) is 3.35. The van der Waals surface area contributed by atoms with E-state index in [9.17, 15) is 14.4 Å². The molecular weight excluding hydrogens is 580 g/mol. The molecule has 4 N–H and O–H groups in total. The summed E-state index contributed by atoms with van der Waals surface area (Å²) < 4.78 is 18.4. The van der Waals surface area contributed by atoms with Gasteiger partial charge in [0, 0.05) is 49.2 Å². The minimum atomic E-state index is -0.450. The Kier molecular flexibility index (Phi) is 10.7. The van der Waals surface area contributed by atoms with Crippen molar-refractivity contribution >= 4 is 68.1 Å². The number of carbonyl (C=O) groups excluding carboxylic acids is 1. The van der Waals surface area contributed by atoms with Gasteiger partial charge >= 0.3 is 0 Å². The van der Waals surface area contributed by atoms with Gasteiger partial charge in [-0.05, 0) is 62.6 Å². The summed E-state index contributed by atoms with van der Waals surface area (Å²) in [5.74, 6) is 0.293. The molecule has 0 spiro atoms. The van der Waals surface area contributed by atoms with Crippen LogP contribution in [-0.4, -0.2) is 65.2 Å². The number of hydrogen-bond donors (Lipinski definition) is 4. The zero-order valence-electron chi connectivity index (χ0n) is 18.8. The molecule has 192 valence electrons. The molecule has 3 rings (SSSR count). The number of aromatic nitrogens is 2. The number of rotatable bonds is 12. The van der Waals surface area contributed by atoms with Gasteiger partial charge in [-0.2, -0.15) is 0 Å². The zero-order valence-corrected chi connectivity index (χ0v) is 21.9. The highest BCUT2D eigenvalue weighted by Crippen LogP contribution is 2.23. The highest BCUT2D eigenvalue weighted by Gasteiger charge is 2.17. The lowest BCUT2D eigenvalue weighted by molar-refractivity contribution is 0.0955. The van der Waals surface area contributed by atoms with E-state index in [0.717, 1.165) is 5.69 Å². The standard InChI is InChI=1S/C22H23BrCl2FN7O3/c23-17-13-15(4-5-18(17)26)29-21(30-35)19-20(32-36-31-19)27-8-9-28-22(34)14-2-1-3-16(12-14)33(10-6-24)11-7-25/h1-5,12-13,35H,6-11H2,(H,27,32)(H,28,34)(H,29,30). The molecule has 0 fully saturated rings. The molecule has 14 heteroatoms. The predicted molar refractivity (Wildman–Crippen MR) is 140 cm³/mol. The Bertz CT molecular complexity index is 1190. The monoisotopic (exact) mass is 601 g/mol. The van der Waals surface area contributed by atoms with Crippen LogP contribution in [0.5, 0.6) is 0 Å². The Hall–Kier alpha value is -2.93. The molecule has 1 aromatic heterocycles. The summed E-state index contributed by atoms with van der Waals surface area (Å²) >= 11 is 14.8. The molecule has 3 aromatic rings. The van der Waals surface area contributed by atoms with Gasteiger partial charge in [0.2, 0.25) is 5.82 Å². The lowest BCUT2D eigenvalue weighted by Crippen LogP contribution is -2.30.